The molecule has 6 heteroatoms. The summed E-state index contributed by atoms with van der Waals surface area (Å²) in [4.78, 5) is 25.9. The Bertz CT molecular complexity index is 651. The van der Waals surface area contributed by atoms with Crippen LogP contribution in [0.15, 0.2) is 24.3 Å². The summed E-state index contributed by atoms with van der Waals surface area (Å²) in [5.74, 6) is 0.329. The molecule has 0 spiro atoms. The number of benzene rings is 1. The zero-order chi connectivity index (χ0) is 18.2. The standard InChI is InChI=1S/C19H26N4O2/c1-14(2)18(24)21-12-17-7-4-8-23(13-17)19(25)22-11-16-6-3-5-15(9-16)10-20/h3,5-6,9,14,17H,4,7-8,11-13H2,1-2H3,(H,21,24)(H,22,25)/t17-/m1/s1. The number of carbonyl (C=O) groups is 2. The highest BCUT2D eigenvalue weighted by Gasteiger charge is 2.24. The predicted octanol–water partition coefficient (Wildman–Crippen LogP) is 2.25. The summed E-state index contributed by atoms with van der Waals surface area (Å²) in [6.07, 6.45) is 1.96. The van der Waals surface area contributed by atoms with E-state index in [1.54, 1.807) is 12.1 Å². The maximum Gasteiger partial charge on any atom is 0.317 e. The fraction of sp³-hybridized carbons (Fsp3) is 0.526. The molecule has 0 saturated carbocycles. The molecule has 1 atom stereocenters. The maximum absolute atomic E-state index is 12.4. The van der Waals surface area contributed by atoms with Crippen molar-refractivity contribution in [3.63, 3.8) is 0 Å². The van der Waals surface area contributed by atoms with E-state index < -0.39 is 0 Å². The minimum atomic E-state index is -0.0951. The molecule has 0 unspecified atom stereocenters. The monoisotopic (exact) mass is 342 g/mol. The van der Waals surface area contributed by atoms with Crippen molar-refractivity contribution in [3.05, 3.63) is 35.4 Å². The van der Waals surface area contributed by atoms with Gasteiger partial charge in [0.25, 0.3) is 0 Å². The largest absolute Gasteiger partial charge is 0.356 e. The van der Waals surface area contributed by atoms with Gasteiger partial charge in [-0.25, -0.2) is 4.79 Å². The van der Waals surface area contributed by atoms with Gasteiger partial charge in [-0.1, -0.05) is 26.0 Å². The van der Waals surface area contributed by atoms with Gasteiger partial charge in [0.15, 0.2) is 0 Å². The average Bonchev–Trinajstić information content (AvgIpc) is 2.64. The second kappa shape index (κ2) is 9.07. The summed E-state index contributed by atoms with van der Waals surface area (Å²) in [6, 6.07) is 9.23. The van der Waals surface area contributed by atoms with Gasteiger partial charge in [-0.3, -0.25) is 4.79 Å². The smallest absolute Gasteiger partial charge is 0.317 e. The molecule has 1 aromatic rings. The minimum Gasteiger partial charge on any atom is -0.356 e. The predicted molar refractivity (Wildman–Crippen MR) is 95.5 cm³/mol. The van der Waals surface area contributed by atoms with Crippen LogP contribution in [0.4, 0.5) is 4.79 Å². The molecular formula is C19H26N4O2. The number of hydrogen-bond donors (Lipinski definition) is 2. The number of amides is 3. The van der Waals surface area contributed by atoms with E-state index in [4.69, 9.17) is 5.26 Å². The van der Waals surface area contributed by atoms with E-state index in [0.29, 0.717) is 31.1 Å². The van der Waals surface area contributed by atoms with Gasteiger partial charge in [-0.05, 0) is 36.5 Å². The number of carbonyl (C=O) groups excluding carboxylic acids is 2. The van der Waals surface area contributed by atoms with Gasteiger partial charge in [0.2, 0.25) is 5.91 Å². The number of likely N-dealkylation sites (tertiary alicyclic amines) is 1. The van der Waals surface area contributed by atoms with Crippen molar-refractivity contribution < 1.29 is 9.59 Å². The highest BCUT2D eigenvalue weighted by Crippen LogP contribution is 2.16. The number of hydrogen-bond acceptors (Lipinski definition) is 3. The van der Waals surface area contributed by atoms with Gasteiger partial charge >= 0.3 is 6.03 Å². The Hall–Kier alpha value is -2.55. The Morgan fingerprint density at radius 3 is 2.88 bits per heavy atom. The third kappa shape index (κ3) is 5.79. The molecule has 134 valence electrons. The molecule has 0 radical (unpaired) electrons. The summed E-state index contributed by atoms with van der Waals surface area (Å²) in [5, 5.41) is 14.8. The fourth-order valence-corrected chi connectivity index (χ4v) is 2.91. The van der Waals surface area contributed by atoms with Gasteiger partial charge in [0.05, 0.1) is 11.6 Å². The van der Waals surface area contributed by atoms with Crippen molar-refractivity contribution in [1.82, 2.24) is 15.5 Å². The summed E-state index contributed by atoms with van der Waals surface area (Å²) < 4.78 is 0. The topological polar surface area (TPSA) is 85.2 Å². The zero-order valence-corrected chi connectivity index (χ0v) is 14.9. The van der Waals surface area contributed by atoms with Crippen LogP contribution in [-0.2, 0) is 11.3 Å². The molecule has 2 rings (SSSR count). The SMILES string of the molecule is CC(C)C(=O)NC[C@H]1CCCN(C(=O)NCc2cccc(C#N)c2)C1. The van der Waals surface area contributed by atoms with E-state index in [1.807, 2.05) is 30.9 Å². The van der Waals surface area contributed by atoms with E-state index >= 15 is 0 Å². The van der Waals surface area contributed by atoms with Crippen LogP contribution in [0, 0.1) is 23.2 Å². The maximum atomic E-state index is 12.4. The van der Waals surface area contributed by atoms with Gasteiger partial charge < -0.3 is 15.5 Å². The second-order valence-electron chi connectivity index (χ2n) is 6.83. The van der Waals surface area contributed by atoms with Crippen LogP contribution < -0.4 is 10.6 Å². The van der Waals surface area contributed by atoms with Crippen LogP contribution in [0.2, 0.25) is 0 Å². The normalized spacial score (nSPS) is 17.0. The highest BCUT2D eigenvalue weighted by atomic mass is 16.2. The number of nitrogens with zero attached hydrogens (tertiary/aromatic N) is 2. The number of nitrogens with one attached hydrogen (secondary N) is 2. The Morgan fingerprint density at radius 1 is 1.36 bits per heavy atom. The van der Waals surface area contributed by atoms with Crippen molar-refractivity contribution in [2.45, 2.75) is 33.2 Å². The van der Waals surface area contributed by atoms with Gasteiger partial charge in [-0.2, -0.15) is 5.26 Å². The van der Waals surface area contributed by atoms with Crippen LogP contribution in [0.3, 0.4) is 0 Å². The van der Waals surface area contributed by atoms with Crippen molar-refractivity contribution in [2.24, 2.45) is 11.8 Å². The van der Waals surface area contributed by atoms with E-state index in [9.17, 15) is 9.59 Å². The summed E-state index contributed by atoms with van der Waals surface area (Å²) >= 11 is 0. The molecule has 0 bridgehead atoms. The van der Waals surface area contributed by atoms with E-state index in [-0.39, 0.29) is 17.9 Å². The van der Waals surface area contributed by atoms with Crippen molar-refractivity contribution >= 4 is 11.9 Å². The lowest BCUT2D eigenvalue weighted by Crippen LogP contribution is -2.47. The van der Waals surface area contributed by atoms with Gasteiger partial charge in [-0.15, -0.1) is 0 Å². The minimum absolute atomic E-state index is 0.0211. The molecule has 0 aliphatic carbocycles. The summed E-state index contributed by atoms with van der Waals surface area (Å²) in [6.45, 7) is 6.15. The van der Waals surface area contributed by atoms with Crippen LogP contribution in [0.25, 0.3) is 0 Å². The Balaban J connectivity index is 1.80. The van der Waals surface area contributed by atoms with Crippen LogP contribution in [-0.4, -0.2) is 36.5 Å². The number of nitriles is 1. The number of urea groups is 1. The first-order valence-corrected chi connectivity index (χ1v) is 8.79. The molecule has 25 heavy (non-hydrogen) atoms. The van der Waals surface area contributed by atoms with Gasteiger partial charge in [0.1, 0.15) is 0 Å². The van der Waals surface area contributed by atoms with E-state index in [0.717, 1.165) is 24.9 Å². The molecule has 1 aliphatic heterocycles. The quantitative estimate of drug-likeness (QED) is 0.860. The Kier molecular flexibility index (Phi) is 6.81. The summed E-state index contributed by atoms with van der Waals surface area (Å²) in [5.41, 5.74) is 1.50. The van der Waals surface area contributed by atoms with E-state index in [1.165, 1.54) is 0 Å². The van der Waals surface area contributed by atoms with E-state index in [2.05, 4.69) is 16.7 Å². The zero-order valence-electron chi connectivity index (χ0n) is 14.9. The highest BCUT2D eigenvalue weighted by molar-refractivity contribution is 5.77. The van der Waals surface area contributed by atoms with Crippen LogP contribution in [0.1, 0.15) is 37.8 Å². The first kappa shape index (κ1) is 18.8. The first-order valence-electron chi connectivity index (χ1n) is 8.79. The van der Waals surface area contributed by atoms with Crippen molar-refractivity contribution in [2.75, 3.05) is 19.6 Å². The fourth-order valence-electron chi connectivity index (χ4n) is 2.91. The van der Waals surface area contributed by atoms with Gasteiger partial charge in [0, 0.05) is 32.1 Å². The Labute approximate surface area is 149 Å². The third-order valence-corrected chi connectivity index (χ3v) is 4.40. The molecule has 3 amide bonds. The molecule has 2 N–H and O–H groups in total. The third-order valence-electron chi connectivity index (χ3n) is 4.40. The lowest BCUT2D eigenvalue weighted by atomic mass is 9.98. The van der Waals surface area contributed by atoms with Crippen molar-refractivity contribution in [1.29, 1.82) is 5.26 Å². The molecule has 1 aromatic carbocycles. The molecule has 1 fully saturated rings. The Morgan fingerprint density at radius 2 is 2.16 bits per heavy atom. The molecule has 1 aliphatic rings. The number of piperidine rings is 1. The second-order valence-corrected chi connectivity index (χ2v) is 6.83. The lowest BCUT2D eigenvalue weighted by molar-refractivity contribution is -0.124. The van der Waals surface area contributed by atoms with Crippen LogP contribution in [0.5, 0.6) is 0 Å². The first-order chi connectivity index (χ1) is 12.0. The molecule has 6 nitrogen and oxygen atoms in total. The number of rotatable bonds is 5. The lowest BCUT2D eigenvalue weighted by Gasteiger charge is -2.33. The molecule has 1 saturated heterocycles. The molecule has 0 aromatic heterocycles. The average molecular weight is 342 g/mol. The van der Waals surface area contributed by atoms with Crippen molar-refractivity contribution in [3.8, 4) is 6.07 Å². The molecular weight excluding hydrogens is 316 g/mol. The summed E-state index contributed by atoms with van der Waals surface area (Å²) in [7, 11) is 0. The van der Waals surface area contributed by atoms with Crippen LogP contribution >= 0.6 is 0 Å². The molecule has 1 heterocycles.